The van der Waals surface area contributed by atoms with Crippen LogP contribution in [-0.4, -0.2) is 41.8 Å². The van der Waals surface area contributed by atoms with Crippen molar-refractivity contribution >= 4 is 34.7 Å². The van der Waals surface area contributed by atoms with Crippen LogP contribution in [0, 0.1) is 0 Å². The van der Waals surface area contributed by atoms with Gasteiger partial charge >= 0.3 is 0 Å². The van der Waals surface area contributed by atoms with E-state index in [4.69, 9.17) is 11.6 Å². The van der Waals surface area contributed by atoms with Gasteiger partial charge in [0.25, 0.3) is 11.7 Å². The number of ketones is 1. The second-order valence-electron chi connectivity index (χ2n) is 8.14. The lowest BCUT2D eigenvalue weighted by Gasteiger charge is -2.31. The van der Waals surface area contributed by atoms with E-state index in [-0.39, 0.29) is 17.4 Å². The molecule has 0 spiro atoms. The van der Waals surface area contributed by atoms with E-state index >= 15 is 0 Å². The van der Waals surface area contributed by atoms with E-state index in [1.165, 1.54) is 0 Å². The fourth-order valence-corrected chi connectivity index (χ4v) is 4.67. The number of carbonyl (C=O) groups excluding carboxylic acids is 2. The van der Waals surface area contributed by atoms with Gasteiger partial charge in [0, 0.05) is 36.4 Å². The number of hydrogen-bond acceptors (Lipinski definition) is 4. The number of aliphatic hydroxyl groups excluding tert-OH is 1. The summed E-state index contributed by atoms with van der Waals surface area (Å²) in [4.78, 5) is 29.8. The van der Waals surface area contributed by atoms with E-state index in [9.17, 15) is 14.7 Å². The van der Waals surface area contributed by atoms with E-state index < -0.39 is 17.7 Å². The summed E-state index contributed by atoms with van der Waals surface area (Å²) in [5.74, 6) is -1.36. The molecule has 0 bridgehead atoms. The van der Waals surface area contributed by atoms with Crippen molar-refractivity contribution in [2.24, 2.45) is 0 Å². The minimum absolute atomic E-state index is 0.00429. The lowest BCUT2D eigenvalue weighted by atomic mass is 9.94. The molecule has 2 aromatic carbocycles. The lowest BCUT2D eigenvalue weighted by Crippen LogP contribution is -2.37. The molecule has 1 atom stereocenters. The van der Waals surface area contributed by atoms with Crippen molar-refractivity contribution in [3.8, 4) is 0 Å². The third-order valence-corrected chi connectivity index (χ3v) is 6.26. The van der Waals surface area contributed by atoms with Gasteiger partial charge < -0.3 is 14.9 Å². The van der Waals surface area contributed by atoms with Crippen molar-refractivity contribution in [2.75, 3.05) is 19.0 Å². The van der Waals surface area contributed by atoms with Crippen LogP contribution in [-0.2, 0) is 9.59 Å². The first-order valence-electron chi connectivity index (χ1n) is 10.2. The Balaban J connectivity index is 1.87. The van der Waals surface area contributed by atoms with Crippen molar-refractivity contribution in [2.45, 2.75) is 37.8 Å². The zero-order valence-corrected chi connectivity index (χ0v) is 17.9. The van der Waals surface area contributed by atoms with Gasteiger partial charge in [-0.25, -0.2) is 0 Å². The number of benzene rings is 2. The quantitative estimate of drug-likeness (QED) is 0.436. The number of anilines is 1. The molecule has 1 aliphatic carbocycles. The van der Waals surface area contributed by atoms with E-state index in [0.717, 1.165) is 36.9 Å². The van der Waals surface area contributed by atoms with Crippen molar-refractivity contribution in [1.29, 1.82) is 0 Å². The molecule has 1 N–H and O–H groups in total. The minimum Gasteiger partial charge on any atom is -0.507 e. The molecule has 1 aliphatic heterocycles. The fraction of sp³-hybridized carbons (Fsp3) is 0.333. The van der Waals surface area contributed by atoms with E-state index in [1.807, 2.05) is 43.3 Å². The van der Waals surface area contributed by atoms with Gasteiger partial charge in [0.2, 0.25) is 0 Å². The number of amides is 1. The first-order chi connectivity index (χ1) is 14.4. The predicted octanol–water partition coefficient (Wildman–Crippen LogP) is 4.77. The SMILES string of the molecule is CN(C)c1ccc(C2/C(=C(/O)c3cccc(Cl)c3)C(=O)C(=O)N2C2CCCC2)cc1. The Morgan fingerprint density at radius 2 is 1.73 bits per heavy atom. The van der Waals surface area contributed by atoms with Crippen molar-refractivity contribution in [3.63, 3.8) is 0 Å². The summed E-state index contributed by atoms with van der Waals surface area (Å²) in [6.07, 6.45) is 3.81. The Hall–Kier alpha value is -2.79. The highest BCUT2D eigenvalue weighted by molar-refractivity contribution is 6.46. The number of Topliss-reactive ketones (excluding diaryl/α,β-unsaturated/α-hetero) is 1. The summed E-state index contributed by atoms with van der Waals surface area (Å²) in [5.41, 5.74) is 2.40. The third-order valence-electron chi connectivity index (χ3n) is 6.02. The summed E-state index contributed by atoms with van der Waals surface area (Å²) in [6.45, 7) is 0. The predicted molar refractivity (Wildman–Crippen MR) is 119 cm³/mol. The van der Waals surface area contributed by atoms with Gasteiger partial charge in [-0.1, -0.05) is 48.7 Å². The summed E-state index contributed by atoms with van der Waals surface area (Å²) in [5, 5.41) is 11.5. The van der Waals surface area contributed by atoms with Crippen molar-refractivity contribution in [3.05, 3.63) is 70.3 Å². The van der Waals surface area contributed by atoms with Gasteiger partial charge in [0.15, 0.2) is 0 Å². The number of halogens is 1. The standard InChI is InChI=1S/C24H25ClN2O3/c1-26(2)18-12-10-15(11-13-18)21-20(22(28)16-6-5-7-17(25)14-16)23(29)24(30)27(21)19-8-3-4-9-19/h5-7,10-14,19,21,28H,3-4,8-9H2,1-2H3/b22-20-. The monoisotopic (exact) mass is 424 g/mol. The van der Waals surface area contributed by atoms with Gasteiger partial charge in [-0.15, -0.1) is 0 Å². The van der Waals surface area contributed by atoms with Gasteiger partial charge in [-0.05, 0) is 42.7 Å². The van der Waals surface area contributed by atoms with Crippen LogP contribution >= 0.6 is 11.6 Å². The Labute approximate surface area is 181 Å². The number of aliphatic hydroxyl groups is 1. The van der Waals surface area contributed by atoms with Gasteiger partial charge in [-0.3, -0.25) is 9.59 Å². The maximum Gasteiger partial charge on any atom is 0.295 e. The maximum absolute atomic E-state index is 13.1. The molecule has 1 heterocycles. The average Bonchev–Trinajstić information content (AvgIpc) is 3.34. The van der Waals surface area contributed by atoms with E-state index in [0.29, 0.717) is 10.6 Å². The van der Waals surface area contributed by atoms with Crippen LogP contribution in [0.2, 0.25) is 5.02 Å². The lowest BCUT2D eigenvalue weighted by molar-refractivity contribution is -0.141. The Morgan fingerprint density at radius 1 is 1.07 bits per heavy atom. The highest BCUT2D eigenvalue weighted by atomic mass is 35.5. The van der Waals surface area contributed by atoms with Crippen molar-refractivity contribution in [1.82, 2.24) is 4.90 Å². The van der Waals surface area contributed by atoms with Gasteiger partial charge in [-0.2, -0.15) is 0 Å². The Morgan fingerprint density at radius 3 is 2.33 bits per heavy atom. The van der Waals surface area contributed by atoms with Crippen LogP contribution in [0.5, 0.6) is 0 Å². The molecule has 156 valence electrons. The molecule has 1 saturated heterocycles. The zero-order chi connectivity index (χ0) is 21.4. The number of nitrogens with zero attached hydrogens (tertiary/aromatic N) is 2. The highest BCUT2D eigenvalue weighted by Crippen LogP contribution is 2.43. The molecule has 1 unspecified atom stereocenters. The molecule has 1 saturated carbocycles. The van der Waals surface area contributed by atoms with Crippen LogP contribution < -0.4 is 4.90 Å². The summed E-state index contributed by atoms with van der Waals surface area (Å²) in [6, 6.07) is 13.9. The minimum atomic E-state index is -0.638. The van der Waals surface area contributed by atoms with E-state index in [1.54, 1.807) is 29.2 Å². The maximum atomic E-state index is 13.1. The largest absolute Gasteiger partial charge is 0.507 e. The van der Waals surface area contributed by atoms with Gasteiger partial charge in [0.05, 0.1) is 11.6 Å². The smallest absolute Gasteiger partial charge is 0.295 e. The highest BCUT2D eigenvalue weighted by Gasteiger charge is 2.49. The molecule has 2 aromatic rings. The first kappa shape index (κ1) is 20.5. The summed E-state index contributed by atoms with van der Waals surface area (Å²) >= 11 is 6.09. The molecule has 2 aliphatic rings. The van der Waals surface area contributed by atoms with Crippen LogP contribution in [0.15, 0.2) is 54.1 Å². The number of rotatable bonds is 4. The fourth-order valence-electron chi connectivity index (χ4n) is 4.48. The normalized spacial score (nSPS) is 21.4. The zero-order valence-electron chi connectivity index (χ0n) is 17.1. The second-order valence-corrected chi connectivity index (χ2v) is 8.58. The molecular formula is C24H25ClN2O3. The molecule has 5 nitrogen and oxygen atoms in total. The molecule has 6 heteroatoms. The number of hydrogen-bond donors (Lipinski definition) is 1. The first-order valence-corrected chi connectivity index (χ1v) is 10.6. The van der Waals surface area contributed by atoms with Gasteiger partial charge in [0.1, 0.15) is 5.76 Å². The molecule has 30 heavy (non-hydrogen) atoms. The number of carbonyl (C=O) groups is 2. The molecule has 0 radical (unpaired) electrons. The molecule has 4 rings (SSSR count). The van der Waals surface area contributed by atoms with Crippen molar-refractivity contribution < 1.29 is 14.7 Å². The second kappa shape index (κ2) is 8.15. The third kappa shape index (κ3) is 3.58. The van der Waals surface area contributed by atoms with Crippen LogP contribution in [0.1, 0.15) is 42.9 Å². The van der Waals surface area contributed by atoms with Crippen LogP contribution in [0.3, 0.4) is 0 Å². The summed E-state index contributed by atoms with van der Waals surface area (Å²) < 4.78 is 0. The Bertz CT molecular complexity index is 1010. The van der Waals surface area contributed by atoms with Crippen LogP contribution in [0.25, 0.3) is 5.76 Å². The molecular weight excluding hydrogens is 400 g/mol. The molecule has 1 amide bonds. The topological polar surface area (TPSA) is 60.9 Å². The molecule has 0 aromatic heterocycles. The molecule has 2 fully saturated rings. The summed E-state index contributed by atoms with van der Waals surface area (Å²) in [7, 11) is 3.91. The number of likely N-dealkylation sites (tertiary alicyclic amines) is 1. The van der Waals surface area contributed by atoms with Crippen LogP contribution in [0.4, 0.5) is 5.69 Å². The van der Waals surface area contributed by atoms with E-state index in [2.05, 4.69) is 0 Å². The average molecular weight is 425 g/mol. The Kier molecular flexibility index (Phi) is 5.56.